The highest BCUT2D eigenvalue weighted by atomic mass is 16.4. The van der Waals surface area contributed by atoms with Gasteiger partial charge in [0.2, 0.25) is 70.9 Å². The van der Waals surface area contributed by atoms with E-state index in [1.54, 1.807) is 0 Å². The van der Waals surface area contributed by atoms with Crippen LogP contribution in [0.15, 0.2) is 0 Å². The number of hydrogen-bond acceptors (Lipinski definition) is 17. The lowest BCUT2D eigenvalue weighted by molar-refractivity contribution is -0.147. The molecule has 18 N–H and O–H groups in total. The van der Waals surface area contributed by atoms with Gasteiger partial charge in [-0.15, -0.1) is 0 Å². The molecule has 0 aromatic rings. The summed E-state index contributed by atoms with van der Waals surface area (Å²) in [6, 6.07) is -14.9. The van der Waals surface area contributed by atoms with E-state index in [-0.39, 0.29) is 19.4 Å². The van der Waals surface area contributed by atoms with Gasteiger partial charge in [0.15, 0.2) is 0 Å². The smallest absolute Gasteiger partial charge is 0.326 e. The van der Waals surface area contributed by atoms with Gasteiger partial charge in [0, 0.05) is 6.54 Å². The summed E-state index contributed by atoms with van der Waals surface area (Å²) in [7, 11) is 0. The molecule has 0 aromatic carbocycles. The van der Waals surface area contributed by atoms with Gasteiger partial charge in [-0.1, -0.05) is 27.7 Å². The molecule has 0 unspecified atom stereocenters. The molecule has 11 atom stereocenters. The molecule has 2 rings (SSSR count). The number of nitrogens with one attached hydrogen (secondary N) is 10. The van der Waals surface area contributed by atoms with Crippen LogP contribution in [0.4, 0.5) is 0 Å². The van der Waals surface area contributed by atoms with Crippen molar-refractivity contribution in [2.24, 2.45) is 23.3 Å². The van der Waals surface area contributed by atoms with Crippen LogP contribution in [0, 0.1) is 11.8 Å². The van der Waals surface area contributed by atoms with E-state index in [1.165, 1.54) is 34.6 Å². The summed E-state index contributed by atoms with van der Waals surface area (Å²) in [6.45, 7) is 7.18. The standard InChI is InChI=1S/C44H71N13O18/c1-18(2)32(55-37(67)23(13-28(45)60)51-42(72)34(21(6)59)56-38(68)26(17-58)53-36(66)22-9-7-11-47-22)40(70)49-20(5)35(65)54-33(19(3)4)41(71)52-24(14-29(46)61)43(73)57-12-8-10-27(57)39(69)48-16-30(62)50-25(44(74)75)15-31(63)64/h18-27,32-34,47,58-59H,7-17H2,1-6H3,(H2,45,60)(H2,46,61)(H,48,69)(H,49,70)(H,50,62)(H,51,72)(H,52,71)(H,53,66)(H,54,65)(H,55,67)(H,56,68)(H,63,64)(H,74,75)/t20-,21+,22-,23-,24-,25+,26-,27-,32-,33-,34-/m0/s1. The van der Waals surface area contributed by atoms with E-state index in [2.05, 4.69) is 47.9 Å². The Kier molecular flexibility index (Phi) is 25.4. The topological polar surface area (TPSA) is 495 Å². The highest BCUT2D eigenvalue weighted by molar-refractivity contribution is 6.00. The van der Waals surface area contributed by atoms with E-state index in [4.69, 9.17) is 16.6 Å². The van der Waals surface area contributed by atoms with E-state index < -0.39 is 194 Å². The predicted octanol–water partition coefficient (Wildman–Crippen LogP) is -8.26. The lowest BCUT2D eigenvalue weighted by Crippen LogP contribution is -2.62. The maximum Gasteiger partial charge on any atom is 0.326 e. The first-order valence-electron chi connectivity index (χ1n) is 24.0. The number of carboxylic acids is 2. The second-order valence-corrected chi connectivity index (χ2v) is 18.7. The van der Waals surface area contributed by atoms with Crippen molar-refractivity contribution in [1.29, 1.82) is 0 Å². The number of carbonyl (C=O) groups excluding carboxylic acids is 12. The molecule has 12 amide bonds. The number of carbonyl (C=O) groups is 14. The van der Waals surface area contributed by atoms with Gasteiger partial charge in [-0.05, 0) is 57.9 Å². The Morgan fingerprint density at radius 2 is 1.09 bits per heavy atom. The van der Waals surface area contributed by atoms with Crippen LogP contribution in [-0.2, 0) is 67.1 Å². The monoisotopic (exact) mass is 1070 g/mol. The highest BCUT2D eigenvalue weighted by Crippen LogP contribution is 2.20. The molecule has 2 aliphatic rings. The summed E-state index contributed by atoms with van der Waals surface area (Å²) in [5.41, 5.74) is 10.8. The van der Waals surface area contributed by atoms with Crippen molar-refractivity contribution < 1.29 is 87.5 Å². The average Bonchev–Trinajstić information content (AvgIpc) is 4.05. The van der Waals surface area contributed by atoms with Crippen molar-refractivity contribution >= 4 is 82.8 Å². The first-order chi connectivity index (χ1) is 35.0. The molecule has 0 aromatic heterocycles. The number of aliphatic hydroxyl groups excluding tert-OH is 2. The molecule has 75 heavy (non-hydrogen) atoms. The summed E-state index contributed by atoms with van der Waals surface area (Å²) >= 11 is 0. The fourth-order valence-electron chi connectivity index (χ4n) is 7.75. The number of likely N-dealkylation sites (tertiary alicyclic amines) is 1. The molecule has 0 radical (unpaired) electrons. The first kappa shape index (κ1) is 63.6. The maximum absolute atomic E-state index is 13.8. The average molecular weight is 1070 g/mol. The van der Waals surface area contributed by atoms with Gasteiger partial charge in [0.05, 0.1) is 44.6 Å². The molecular formula is C44H71N13O18. The van der Waals surface area contributed by atoms with Gasteiger partial charge in [0.1, 0.15) is 54.4 Å². The van der Waals surface area contributed by atoms with Crippen molar-refractivity contribution in [3.8, 4) is 0 Å². The molecule has 0 bridgehead atoms. The van der Waals surface area contributed by atoms with E-state index >= 15 is 0 Å². The van der Waals surface area contributed by atoms with Crippen molar-refractivity contribution in [2.75, 3.05) is 26.2 Å². The number of hydrogen-bond donors (Lipinski definition) is 16. The van der Waals surface area contributed by atoms with Crippen molar-refractivity contribution in [3.63, 3.8) is 0 Å². The molecule has 0 spiro atoms. The van der Waals surface area contributed by atoms with E-state index in [1.807, 2.05) is 5.32 Å². The van der Waals surface area contributed by atoms with Crippen LogP contribution in [-0.4, -0.2) is 201 Å². The number of amides is 12. The molecule has 2 saturated heterocycles. The van der Waals surface area contributed by atoms with Crippen LogP contribution in [0.2, 0.25) is 0 Å². The summed E-state index contributed by atoms with van der Waals surface area (Å²) in [5.74, 6) is -16.5. The second-order valence-electron chi connectivity index (χ2n) is 18.7. The molecule has 420 valence electrons. The van der Waals surface area contributed by atoms with E-state index in [0.717, 1.165) is 11.8 Å². The normalized spacial score (nSPS) is 18.7. The quantitative estimate of drug-likeness (QED) is 0.0318. The van der Waals surface area contributed by atoms with Crippen LogP contribution in [0.25, 0.3) is 0 Å². The minimum atomic E-state index is -1.81. The third-order valence-corrected chi connectivity index (χ3v) is 11.8. The third-order valence-electron chi connectivity index (χ3n) is 11.8. The molecular weight excluding hydrogens is 999 g/mol. The number of nitrogens with two attached hydrogens (primary N) is 2. The number of rotatable bonds is 30. The Labute approximate surface area is 430 Å². The van der Waals surface area contributed by atoms with E-state index in [0.29, 0.717) is 19.4 Å². The number of primary amides is 2. The minimum absolute atomic E-state index is 0.0505. The highest BCUT2D eigenvalue weighted by Gasteiger charge is 2.41. The Hall–Kier alpha value is -7.54. The summed E-state index contributed by atoms with van der Waals surface area (Å²) in [6.07, 6.45) is -2.71. The number of nitrogens with zero attached hydrogens (tertiary/aromatic N) is 1. The zero-order chi connectivity index (χ0) is 57.0. The lowest BCUT2D eigenvalue weighted by Gasteiger charge is -2.30. The van der Waals surface area contributed by atoms with Crippen molar-refractivity contribution in [1.82, 2.24) is 58.1 Å². The van der Waals surface area contributed by atoms with Crippen LogP contribution >= 0.6 is 0 Å². The van der Waals surface area contributed by atoms with Gasteiger partial charge < -0.3 is 90.0 Å². The van der Waals surface area contributed by atoms with Crippen LogP contribution in [0.1, 0.15) is 86.5 Å². The largest absolute Gasteiger partial charge is 0.481 e. The zero-order valence-corrected chi connectivity index (χ0v) is 42.4. The summed E-state index contributed by atoms with van der Waals surface area (Å²) in [5, 5.41) is 61.8. The lowest BCUT2D eigenvalue weighted by atomic mass is 10.0. The van der Waals surface area contributed by atoms with Crippen LogP contribution in [0.3, 0.4) is 0 Å². The molecule has 2 heterocycles. The number of carboxylic acid groups (broad SMARTS) is 2. The molecule has 31 nitrogen and oxygen atoms in total. The molecule has 0 saturated carbocycles. The zero-order valence-electron chi connectivity index (χ0n) is 42.4. The molecule has 2 aliphatic heterocycles. The molecule has 0 aliphatic carbocycles. The summed E-state index contributed by atoms with van der Waals surface area (Å²) < 4.78 is 0. The van der Waals surface area contributed by atoms with Gasteiger partial charge >= 0.3 is 11.9 Å². The predicted molar refractivity (Wildman–Crippen MR) is 256 cm³/mol. The molecule has 31 heteroatoms. The van der Waals surface area contributed by atoms with Crippen LogP contribution < -0.4 is 64.6 Å². The van der Waals surface area contributed by atoms with Gasteiger partial charge in [0.25, 0.3) is 0 Å². The van der Waals surface area contributed by atoms with Crippen LogP contribution in [0.5, 0.6) is 0 Å². The molecule has 2 fully saturated rings. The Morgan fingerprint density at radius 1 is 0.573 bits per heavy atom. The Balaban J connectivity index is 2.16. The SMILES string of the molecule is CC(C)[C@H](NC(=O)[C@H](C)NC(=O)[C@@H](NC(=O)[C@H](CC(N)=O)NC(=O)[C@@H](NC(=O)[C@H](CO)NC(=O)[C@@H]1CCCN1)[C@@H](C)O)C(C)C)C(=O)N[C@@H](CC(N)=O)C(=O)N1CCC[C@H]1C(=O)NCC(=O)N[C@H](CC(=O)O)C(=O)O. The second kappa shape index (κ2) is 30.0. The fraction of sp³-hybridized carbons (Fsp3) is 0.682. The van der Waals surface area contributed by atoms with Gasteiger partial charge in [-0.3, -0.25) is 62.3 Å². The first-order valence-corrected chi connectivity index (χ1v) is 24.0. The van der Waals surface area contributed by atoms with E-state index in [9.17, 15) is 82.4 Å². The minimum Gasteiger partial charge on any atom is -0.481 e. The van der Waals surface area contributed by atoms with Gasteiger partial charge in [-0.2, -0.15) is 0 Å². The number of aliphatic hydroxyl groups is 2. The van der Waals surface area contributed by atoms with Crippen molar-refractivity contribution in [3.05, 3.63) is 0 Å². The Bertz CT molecular complexity index is 2150. The van der Waals surface area contributed by atoms with Crippen molar-refractivity contribution in [2.45, 2.75) is 153 Å². The number of aliphatic carboxylic acids is 2. The Morgan fingerprint density at radius 3 is 1.60 bits per heavy atom. The third kappa shape index (κ3) is 20.4. The summed E-state index contributed by atoms with van der Waals surface area (Å²) in [4.78, 5) is 180. The van der Waals surface area contributed by atoms with Gasteiger partial charge in [-0.25, -0.2) is 4.79 Å². The maximum atomic E-state index is 13.8. The fourth-order valence-corrected chi connectivity index (χ4v) is 7.75.